The van der Waals surface area contributed by atoms with Crippen molar-refractivity contribution in [2.24, 2.45) is 0 Å². The van der Waals surface area contributed by atoms with Gasteiger partial charge in [-0.2, -0.15) is 0 Å². The van der Waals surface area contributed by atoms with E-state index in [9.17, 15) is 4.79 Å². The zero-order valence-corrected chi connectivity index (χ0v) is 12.0. The number of nitrogens with one attached hydrogen (secondary N) is 2. The molecule has 1 rings (SSSR count). The van der Waals surface area contributed by atoms with Gasteiger partial charge in [0.2, 0.25) is 5.91 Å². The van der Waals surface area contributed by atoms with E-state index < -0.39 is 0 Å². The summed E-state index contributed by atoms with van der Waals surface area (Å²) in [7, 11) is 1.91. The van der Waals surface area contributed by atoms with Gasteiger partial charge in [-0.1, -0.05) is 6.42 Å². The van der Waals surface area contributed by atoms with Crippen LogP contribution in [0.4, 0.5) is 0 Å². The third-order valence-electron chi connectivity index (χ3n) is 3.72. The van der Waals surface area contributed by atoms with Crippen LogP contribution in [-0.4, -0.2) is 50.1 Å². The molecule has 4 heteroatoms. The van der Waals surface area contributed by atoms with E-state index in [0.717, 1.165) is 38.5 Å². The van der Waals surface area contributed by atoms with Crippen molar-refractivity contribution in [3.63, 3.8) is 0 Å². The van der Waals surface area contributed by atoms with Crippen molar-refractivity contribution in [2.45, 2.75) is 51.5 Å². The molecule has 1 atom stereocenters. The maximum Gasteiger partial charge on any atom is 0.220 e. The fraction of sp³-hybridized carbons (Fsp3) is 0.929. The van der Waals surface area contributed by atoms with E-state index in [1.54, 1.807) is 0 Å². The summed E-state index contributed by atoms with van der Waals surface area (Å²) < 4.78 is 0. The van der Waals surface area contributed by atoms with Gasteiger partial charge in [-0.05, 0) is 52.7 Å². The lowest BCUT2D eigenvalue weighted by molar-refractivity contribution is -0.121. The summed E-state index contributed by atoms with van der Waals surface area (Å²) in [5, 5.41) is 6.05. The molecule has 0 aromatic rings. The van der Waals surface area contributed by atoms with Gasteiger partial charge < -0.3 is 15.5 Å². The van der Waals surface area contributed by atoms with Gasteiger partial charge in [-0.25, -0.2) is 0 Å². The van der Waals surface area contributed by atoms with Gasteiger partial charge >= 0.3 is 0 Å². The highest BCUT2D eigenvalue weighted by molar-refractivity contribution is 5.75. The van der Waals surface area contributed by atoms with Crippen LogP contribution in [0.5, 0.6) is 0 Å². The minimum absolute atomic E-state index is 0.192. The lowest BCUT2D eigenvalue weighted by Gasteiger charge is -2.33. The van der Waals surface area contributed by atoms with Crippen molar-refractivity contribution < 1.29 is 4.79 Å². The van der Waals surface area contributed by atoms with Crippen molar-refractivity contribution in [1.82, 2.24) is 15.5 Å². The third-order valence-corrected chi connectivity index (χ3v) is 3.72. The zero-order chi connectivity index (χ0) is 13.2. The van der Waals surface area contributed by atoms with Gasteiger partial charge in [-0.15, -0.1) is 0 Å². The van der Waals surface area contributed by atoms with E-state index in [0.29, 0.717) is 6.42 Å². The van der Waals surface area contributed by atoms with Crippen LogP contribution in [0.15, 0.2) is 0 Å². The molecule has 1 amide bonds. The predicted octanol–water partition coefficient (Wildman–Crippen LogP) is 1.37. The van der Waals surface area contributed by atoms with Gasteiger partial charge in [-0.3, -0.25) is 4.79 Å². The molecule has 18 heavy (non-hydrogen) atoms. The zero-order valence-electron chi connectivity index (χ0n) is 12.0. The highest BCUT2D eigenvalue weighted by Gasteiger charge is 2.17. The SMILES string of the molecule is CNCCCC(=O)NCCCN1CCCCC1C. The van der Waals surface area contributed by atoms with Crippen molar-refractivity contribution in [3.8, 4) is 0 Å². The molecule has 0 aliphatic carbocycles. The van der Waals surface area contributed by atoms with Crippen LogP contribution < -0.4 is 10.6 Å². The van der Waals surface area contributed by atoms with Crippen molar-refractivity contribution >= 4 is 5.91 Å². The molecule has 1 aliphatic rings. The number of carbonyl (C=O) groups excluding carboxylic acids is 1. The number of likely N-dealkylation sites (tertiary alicyclic amines) is 1. The summed E-state index contributed by atoms with van der Waals surface area (Å²) in [6.45, 7) is 6.41. The topological polar surface area (TPSA) is 44.4 Å². The first-order chi connectivity index (χ1) is 8.74. The van der Waals surface area contributed by atoms with E-state index in [-0.39, 0.29) is 5.91 Å². The quantitative estimate of drug-likeness (QED) is 0.644. The van der Waals surface area contributed by atoms with Crippen LogP contribution >= 0.6 is 0 Å². The number of hydrogen-bond acceptors (Lipinski definition) is 3. The van der Waals surface area contributed by atoms with E-state index in [1.807, 2.05) is 7.05 Å². The monoisotopic (exact) mass is 255 g/mol. The summed E-state index contributed by atoms with van der Waals surface area (Å²) in [4.78, 5) is 14.0. The Morgan fingerprint density at radius 2 is 2.11 bits per heavy atom. The van der Waals surface area contributed by atoms with Crippen LogP contribution in [0, 0.1) is 0 Å². The molecule has 2 N–H and O–H groups in total. The molecular formula is C14H29N3O. The van der Waals surface area contributed by atoms with E-state index in [4.69, 9.17) is 0 Å². The highest BCUT2D eigenvalue weighted by atomic mass is 16.1. The second-order valence-electron chi connectivity index (χ2n) is 5.29. The van der Waals surface area contributed by atoms with E-state index in [2.05, 4.69) is 22.5 Å². The van der Waals surface area contributed by atoms with Crippen LogP contribution in [0.3, 0.4) is 0 Å². The average Bonchev–Trinajstić information content (AvgIpc) is 2.37. The first kappa shape index (κ1) is 15.4. The maximum absolute atomic E-state index is 11.5. The summed E-state index contributed by atoms with van der Waals surface area (Å²) in [6.07, 6.45) is 6.67. The molecule has 0 radical (unpaired) electrons. The average molecular weight is 255 g/mol. The molecule has 0 bridgehead atoms. The summed E-state index contributed by atoms with van der Waals surface area (Å²) in [5.41, 5.74) is 0. The summed E-state index contributed by atoms with van der Waals surface area (Å²) in [5.74, 6) is 0.192. The van der Waals surface area contributed by atoms with Gasteiger partial charge in [0.15, 0.2) is 0 Å². The minimum Gasteiger partial charge on any atom is -0.356 e. The maximum atomic E-state index is 11.5. The minimum atomic E-state index is 0.192. The fourth-order valence-corrected chi connectivity index (χ4v) is 2.51. The smallest absolute Gasteiger partial charge is 0.220 e. The molecule has 1 heterocycles. The van der Waals surface area contributed by atoms with Gasteiger partial charge in [0.05, 0.1) is 0 Å². The summed E-state index contributed by atoms with van der Waals surface area (Å²) >= 11 is 0. The molecule has 106 valence electrons. The van der Waals surface area contributed by atoms with Crippen molar-refractivity contribution in [2.75, 3.05) is 33.2 Å². The van der Waals surface area contributed by atoms with E-state index in [1.165, 1.54) is 25.8 Å². The molecule has 0 saturated carbocycles. The Labute approximate surface area is 111 Å². The van der Waals surface area contributed by atoms with Gasteiger partial charge in [0, 0.05) is 25.6 Å². The lowest BCUT2D eigenvalue weighted by Crippen LogP contribution is -2.39. The number of nitrogens with zero attached hydrogens (tertiary/aromatic N) is 1. The predicted molar refractivity (Wildman–Crippen MR) is 75.7 cm³/mol. The molecule has 0 spiro atoms. The number of rotatable bonds is 8. The molecular weight excluding hydrogens is 226 g/mol. The van der Waals surface area contributed by atoms with Crippen LogP contribution in [0.1, 0.15) is 45.4 Å². The van der Waals surface area contributed by atoms with Crippen LogP contribution in [-0.2, 0) is 4.79 Å². The van der Waals surface area contributed by atoms with Crippen LogP contribution in [0.25, 0.3) is 0 Å². The molecule has 0 aromatic heterocycles. The lowest BCUT2D eigenvalue weighted by atomic mass is 10.0. The Morgan fingerprint density at radius 3 is 2.83 bits per heavy atom. The van der Waals surface area contributed by atoms with Crippen LogP contribution in [0.2, 0.25) is 0 Å². The highest BCUT2D eigenvalue weighted by Crippen LogP contribution is 2.15. The van der Waals surface area contributed by atoms with Crippen molar-refractivity contribution in [3.05, 3.63) is 0 Å². The second kappa shape index (κ2) is 9.34. The molecule has 4 nitrogen and oxygen atoms in total. The fourth-order valence-electron chi connectivity index (χ4n) is 2.51. The second-order valence-corrected chi connectivity index (χ2v) is 5.29. The Kier molecular flexibility index (Phi) is 8.01. The normalized spacial score (nSPS) is 20.9. The first-order valence-electron chi connectivity index (χ1n) is 7.39. The number of piperidine rings is 1. The summed E-state index contributed by atoms with van der Waals surface area (Å²) in [6, 6.07) is 0.727. The first-order valence-corrected chi connectivity index (χ1v) is 7.39. The molecule has 1 unspecified atom stereocenters. The number of hydrogen-bond donors (Lipinski definition) is 2. The molecule has 0 aromatic carbocycles. The third kappa shape index (κ3) is 6.36. The standard InChI is InChI=1S/C14H29N3O/c1-13-7-3-4-11-17(13)12-6-10-16-14(18)8-5-9-15-2/h13,15H,3-12H2,1-2H3,(H,16,18). The van der Waals surface area contributed by atoms with Gasteiger partial charge in [0.25, 0.3) is 0 Å². The largest absolute Gasteiger partial charge is 0.356 e. The van der Waals surface area contributed by atoms with Crippen molar-refractivity contribution in [1.29, 1.82) is 0 Å². The Morgan fingerprint density at radius 1 is 1.28 bits per heavy atom. The molecule has 1 saturated heterocycles. The Hall–Kier alpha value is -0.610. The van der Waals surface area contributed by atoms with Gasteiger partial charge in [0.1, 0.15) is 0 Å². The Bertz CT molecular complexity index is 233. The molecule has 1 fully saturated rings. The van der Waals surface area contributed by atoms with E-state index >= 15 is 0 Å². The number of amides is 1. The Balaban J connectivity index is 1.98. The molecule has 1 aliphatic heterocycles. The number of carbonyl (C=O) groups is 1.